The molecule has 0 unspecified atom stereocenters. The fraction of sp³-hybridized carbons (Fsp3) is 0.455. The molecule has 94 valence electrons. The summed E-state index contributed by atoms with van der Waals surface area (Å²) in [5, 5.41) is 9.02. The third kappa shape index (κ3) is 4.95. The van der Waals surface area contributed by atoms with Gasteiger partial charge in [-0.15, -0.1) is 0 Å². The van der Waals surface area contributed by atoms with Crippen molar-refractivity contribution in [3.63, 3.8) is 0 Å². The summed E-state index contributed by atoms with van der Waals surface area (Å²) in [6, 6.07) is 2.86. The highest BCUT2D eigenvalue weighted by molar-refractivity contribution is 7.99. The SMILES string of the molecule is CC(C)(C)OC(=O)CSc1ccc(C(=O)O)o1. The van der Waals surface area contributed by atoms with Crippen LogP contribution in [0.5, 0.6) is 0 Å². The van der Waals surface area contributed by atoms with Crippen molar-refractivity contribution in [3.8, 4) is 0 Å². The number of esters is 1. The molecule has 0 aliphatic heterocycles. The lowest BCUT2D eigenvalue weighted by Crippen LogP contribution is -2.24. The number of furan rings is 1. The average Bonchev–Trinajstić information content (AvgIpc) is 2.60. The van der Waals surface area contributed by atoms with Crippen molar-refractivity contribution in [2.24, 2.45) is 0 Å². The third-order valence-electron chi connectivity index (χ3n) is 1.54. The van der Waals surface area contributed by atoms with Gasteiger partial charge in [-0.3, -0.25) is 4.79 Å². The Morgan fingerprint density at radius 2 is 2.06 bits per heavy atom. The third-order valence-corrected chi connectivity index (χ3v) is 2.43. The first kappa shape index (κ1) is 13.6. The molecule has 1 rings (SSSR count). The van der Waals surface area contributed by atoms with Crippen LogP contribution in [0.3, 0.4) is 0 Å². The Labute approximate surface area is 103 Å². The first-order valence-corrected chi connectivity index (χ1v) is 5.94. The number of carbonyl (C=O) groups is 2. The van der Waals surface area contributed by atoms with Crippen LogP contribution in [0.15, 0.2) is 21.6 Å². The number of carboxylic acid groups (broad SMARTS) is 1. The first-order valence-electron chi connectivity index (χ1n) is 4.96. The molecule has 0 aliphatic carbocycles. The number of carboxylic acids is 1. The van der Waals surface area contributed by atoms with Crippen molar-refractivity contribution in [2.75, 3.05) is 5.75 Å². The molecule has 1 aromatic heterocycles. The van der Waals surface area contributed by atoms with Crippen molar-refractivity contribution in [1.82, 2.24) is 0 Å². The minimum absolute atomic E-state index is 0.0871. The van der Waals surface area contributed by atoms with Crippen LogP contribution in [0.4, 0.5) is 0 Å². The number of rotatable bonds is 4. The standard InChI is InChI=1S/C11H14O5S/c1-11(2,3)16-8(12)6-17-9-5-4-7(15-9)10(13)14/h4-5H,6H2,1-3H3,(H,13,14). The first-order chi connectivity index (χ1) is 7.78. The van der Waals surface area contributed by atoms with Gasteiger partial charge in [-0.05, 0) is 32.9 Å². The van der Waals surface area contributed by atoms with Gasteiger partial charge in [0.05, 0.1) is 5.75 Å². The van der Waals surface area contributed by atoms with E-state index in [1.54, 1.807) is 20.8 Å². The summed E-state index contributed by atoms with van der Waals surface area (Å²) < 4.78 is 10.1. The van der Waals surface area contributed by atoms with Crippen molar-refractivity contribution < 1.29 is 23.8 Å². The molecule has 0 saturated carbocycles. The van der Waals surface area contributed by atoms with Gasteiger partial charge in [-0.1, -0.05) is 11.8 Å². The Bertz CT molecular complexity index is 416. The Kier molecular flexibility index (Phi) is 4.22. The fourth-order valence-electron chi connectivity index (χ4n) is 1.01. The average molecular weight is 258 g/mol. The van der Waals surface area contributed by atoms with E-state index in [-0.39, 0.29) is 17.5 Å². The molecular formula is C11H14O5S. The van der Waals surface area contributed by atoms with Crippen LogP contribution >= 0.6 is 11.8 Å². The van der Waals surface area contributed by atoms with Crippen LogP contribution in [-0.2, 0) is 9.53 Å². The molecule has 6 heteroatoms. The Morgan fingerprint density at radius 3 is 2.53 bits per heavy atom. The summed E-state index contributed by atoms with van der Waals surface area (Å²) in [6.07, 6.45) is 0. The second-order valence-electron chi connectivity index (χ2n) is 4.30. The summed E-state index contributed by atoms with van der Waals surface area (Å²) >= 11 is 1.10. The van der Waals surface area contributed by atoms with Gasteiger partial charge in [0.25, 0.3) is 0 Å². The quantitative estimate of drug-likeness (QED) is 0.660. The molecule has 0 fully saturated rings. The summed E-state index contributed by atoms with van der Waals surface area (Å²) in [7, 11) is 0. The molecule has 5 nitrogen and oxygen atoms in total. The highest BCUT2D eigenvalue weighted by Gasteiger charge is 2.17. The lowest BCUT2D eigenvalue weighted by atomic mass is 10.2. The zero-order chi connectivity index (χ0) is 13.1. The van der Waals surface area contributed by atoms with E-state index in [2.05, 4.69) is 0 Å². The molecule has 0 spiro atoms. The minimum atomic E-state index is -1.13. The Hall–Kier alpha value is -1.43. The predicted octanol–water partition coefficient (Wildman–Crippen LogP) is 2.41. The van der Waals surface area contributed by atoms with Crippen LogP contribution in [0.1, 0.15) is 31.3 Å². The second-order valence-corrected chi connectivity index (χ2v) is 5.28. The highest BCUT2D eigenvalue weighted by atomic mass is 32.2. The summed E-state index contributed by atoms with van der Waals surface area (Å²) in [6.45, 7) is 5.35. The largest absolute Gasteiger partial charge is 0.475 e. The van der Waals surface area contributed by atoms with Crippen LogP contribution in [0, 0.1) is 0 Å². The van der Waals surface area contributed by atoms with Gasteiger partial charge < -0.3 is 14.3 Å². The predicted molar refractivity (Wildman–Crippen MR) is 62.2 cm³/mol. The maximum atomic E-state index is 11.4. The molecule has 0 bridgehead atoms. The van der Waals surface area contributed by atoms with Crippen LogP contribution in [0.25, 0.3) is 0 Å². The zero-order valence-corrected chi connectivity index (χ0v) is 10.7. The molecule has 1 aromatic rings. The van der Waals surface area contributed by atoms with E-state index in [1.807, 2.05) is 0 Å². The second kappa shape index (κ2) is 5.27. The maximum Gasteiger partial charge on any atom is 0.371 e. The highest BCUT2D eigenvalue weighted by Crippen LogP contribution is 2.21. The van der Waals surface area contributed by atoms with E-state index in [0.717, 1.165) is 11.8 Å². The van der Waals surface area contributed by atoms with E-state index >= 15 is 0 Å². The van der Waals surface area contributed by atoms with Gasteiger partial charge in [0.15, 0.2) is 5.09 Å². The molecule has 17 heavy (non-hydrogen) atoms. The number of carbonyl (C=O) groups excluding carboxylic acids is 1. The molecule has 1 N–H and O–H groups in total. The molecule has 0 amide bonds. The van der Waals surface area contributed by atoms with Crippen LogP contribution < -0.4 is 0 Å². The van der Waals surface area contributed by atoms with Crippen molar-refractivity contribution >= 4 is 23.7 Å². The van der Waals surface area contributed by atoms with Crippen molar-refractivity contribution in [1.29, 1.82) is 0 Å². The van der Waals surface area contributed by atoms with Crippen molar-refractivity contribution in [2.45, 2.75) is 31.5 Å². The summed E-state index contributed by atoms with van der Waals surface area (Å²) in [4.78, 5) is 21.9. The lowest BCUT2D eigenvalue weighted by Gasteiger charge is -2.18. The molecular weight excluding hydrogens is 244 g/mol. The molecule has 0 saturated heterocycles. The smallest absolute Gasteiger partial charge is 0.371 e. The number of hydrogen-bond acceptors (Lipinski definition) is 5. The number of ether oxygens (including phenoxy) is 1. The van der Waals surface area contributed by atoms with E-state index < -0.39 is 11.6 Å². The van der Waals surface area contributed by atoms with Crippen LogP contribution in [-0.4, -0.2) is 28.4 Å². The van der Waals surface area contributed by atoms with Gasteiger partial charge in [-0.2, -0.15) is 0 Å². The summed E-state index contributed by atoms with van der Waals surface area (Å²) in [5.41, 5.74) is -0.521. The van der Waals surface area contributed by atoms with E-state index in [1.165, 1.54) is 12.1 Å². The normalized spacial score (nSPS) is 11.2. The number of thioether (sulfide) groups is 1. The number of aromatic carboxylic acids is 1. The fourth-order valence-corrected chi connectivity index (χ4v) is 1.65. The minimum Gasteiger partial charge on any atom is -0.475 e. The van der Waals surface area contributed by atoms with Crippen LogP contribution in [0.2, 0.25) is 0 Å². The van der Waals surface area contributed by atoms with Gasteiger partial charge >= 0.3 is 11.9 Å². The Balaban J connectivity index is 2.45. The Morgan fingerprint density at radius 1 is 1.41 bits per heavy atom. The molecule has 1 heterocycles. The topological polar surface area (TPSA) is 76.7 Å². The molecule has 0 radical (unpaired) electrons. The van der Waals surface area contributed by atoms with E-state index in [9.17, 15) is 9.59 Å². The lowest BCUT2D eigenvalue weighted by molar-refractivity contribution is -0.151. The maximum absolute atomic E-state index is 11.4. The van der Waals surface area contributed by atoms with Gasteiger partial charge in [0.1, 0.15) is 5.60 Å². The zero-order valence-electron chi connectivity index (χ0n) is 9.85. The van der Waals surface area contributed by atoms with E-state index in [4.69, 9.17) is 14.3 Å². The molecule has 0 atom stereocenters. The monoisotopic (exact) mass is 258 g/mol. The molecule has 0 aromatic carbocycles. The van der Waals surface area contributed by atoms with Crippen molar-refractivity contribution in [3.05, 3.63) is 17.9 Å². The van der Waals surface area contributed by atoms with Gasteiger partial charge in [-0.25, -0.2) is 4.79 Å². The van der Waals surface area contributed by atoms with E-state index in [0.29, 0.717) is 5.09 Å². The summed E-state index contributed by atoms with van der Waals surface area (Å²) in [5.74, 6) is -1.55. The molecule has 0 aliphatic rings. The van der Waals surface area contributed by atoms with Gasteiger partial charge in [0.2, 0.25) is 5.76 Å². The van der Waals surface area contributed by atoms with Gasteiger partial charge in [0, 0.05) is 0 Å². The number of hydrogen-bond donors (Lipinski definition) is 1.